The van der Waals surface area contributed by atoms with Crippen molar-refractivity contribution in [1.82, 2.24) is 9.88 Å². The summed E-state index contributed by atoms with van der Waals surface area (Å²) in [5, 5.41) is 1.20. The number of hydrogen-bond donors (Lipinski definition) is 1. The molecule has 2 atom stereocenters. The average Bonchev–Trinajstić information content (AvgIpc) is 3.30. The van der Waals surface area contributed by atoms with Crippen LogP contribution < -0.4 is 4.74 Å². The van der Waals surface area contributed by atoms with Crippen molar-refractivity contribution >= 4 is 16.8 Å². The van der Waals surface area contributed by atoms with Crippen molar-refractivity contribution in [3.63, 3.8) is 0 Å². The number of nitrogens with one attached hydrogen (secondary N) is 1. The highest BCUT2D eigenvalue weighted by atomic mass is 16.5. The smallest absolute Gasteiger partial charge is 0.251 e. The van der Waals surface area contributed by atoms with Gasteiger partial charge < -0.3 is 19.4 Å². The molecule has 0 aliphatic carbocycles. The van der Waals surface area contributed by atoms with E-state index in [1.807, 2.05) is 11.0 Å². The zero-order chi connectivity index (χ0) is 16.5. The molecular formula is C19H24N2O3. The van der Waals surface area contributed by atoms with E-state index in [4.69, 9.17) is 9.47 Å². The fourth-order valence-electron chi connectivity index (χ4n) is 3.99. The van der Waals surface area contributed by atoms with Crippen molar-refractivity contribution in [2.24, 2.45) is 0 Å². The molecule has 1 amide bonds. The van der Waals surface area contributed by atoms with E-state index >= 15 is 0 Å². The van der Waals surface area contributed by atoms with Gasteiger partial charge in [-0.05, 0) is 49.4 Å². The van der Waals surface area contributed by atoms with Gasteiger partial charge in [-0.1, -0.05) is 0 Å². The SMILES string of the molecule is COc1ccc2[nH]cc([C@@H]3CCCN(C(=O)[C@@H]4CCCO4)C3)c2c1. The van der Waals surface area contributed by atoms with E-state index in [0.29, 0.717) is 5.92 Å². The molecule has 5 heteroatoms. The molecule has 0 radical (unpaired) electrons. The van der Waals surface area contributed by atoms with Gasteiger partial charge in [0, 0.05) is 42.7 Å². The summed E-state index contributed by atoms with van der Waals surface area (Å²) in [7, 11) is 1.69. The summed E-state index contributed by atoms with van der Waals surface area (Å²) in [6, 6.07) is 6.11. The number of aromatic amines is 1. The number of methoxy groups -OCH3 is 1. The maximum Gasteiger partial charge on any atom is 0.251 e. The van der Waals surface area contributed by atoms with Crippen LogP contribution in [0.3, 0.4) is 0 Å². The second kappa shape index (κ2) is 6.48. The first-order chi connectivity index (χ1) is 11.8. The Morgan fingerprint density at radius 3 is 3.04 bits per heavy atom. The Labute approximate surface area is 141 Å². The zero-order valence-electron chi connectivity index (χ0n) is 14.1. The molecule has 2 aliphatic heterocycles. The van der Waals surface area contributed by atoms with E-state index in [2.05, 4.69) is 23.3 Å². The minimum Gasteiger partial charge on any atom is -0.497 e. The summed E-state index contributed by atoms with van der Waals surface area (Å²) in [5.74, 6) is 1.41. The molecule has 1 aromatic carbocycles. The topological polar surface area (TPSA) is 54.6 Å². The number of ether oxygens (including phenoxy) is 2. The lowest BCUT2D eigenvalue weighted by atomic mass is 9.90. The number of hydrogen-bond acceptors (Lipinski definition) is 3. The second-order valence-corrected chi connectivity index (χ2v) is 6.78. The molecule has 0 unspecified atom stereocenters. The number of piperidine rings is 1. The number of carbonyl (C=O) groups excluding carboxylic acids is 1. The van der Waals surface area contributed by atoms with Crippen LogP contribution in [0.2, 0.25) is 0 Å². The van der Waals surface area contributed by atoms with E-state index in [0.717, 1.165) is 56.6 Å². The summed E-state index contributed by atoms with van der Waals surface area (Å²) < 4.78 is 10.9. The van der Waals surface area contributed by atoms with Crippen LogP contribution in [0.25, 0.3) is 10.9 Å². The Morgan fingerprint density at radius 2 is 2.25 bits per heavy atom. The summed E-state index contributed by atoms with van der Waals surface area (Å²) in [6.07, 6.45) is 5.89. The van der Waals surface area contributed by atoms with Crippen LogP contribution in [0, 0.1) is 0 Å². The number of nitrogens with zero attached hydrogens (tertiary/aromatic N) is 1. The summed E-state index contributed by atoms with van der Waals surface area (Å²) in [4.78, 5) is 18.0. The predicted molar refractivity (Wildman–Crippen MR) is 92.4 cm³/mol. The number of likely N-dealkylation sites (tertiary alicyclic amines) is 1. The quantitative estimate of drug-likeness (QED) is 0.942. The normalized spacial score (nSPS) is 24.5. The minimum absolute atomic E-state index is 0.176. The molecule has 1 N–H and O–H groups in total. The fraction of sp³-hybridized carbons (Fsp3) is 0.526. The molecule has 2 aliphatic rings. The van der Waals surface area contributed by atoms with Gasteiger partial charge in [0.05, 0.1) is 7.11 Å². The lowest BCUT2D eigenvalue weighted by molar-refractivity contribution is -0.142. The highest BCUT2D eigenvalue weighted by molar-refractivity contribution is 5.85. The monoisotopic (exact) mass is 328 g/mol. The standard InChI is InChI=1S/C19H24N2O3/c1-23-14-6-7-17-15(10-14)16(11-20-17)13-4-2-8-21(12-13)19(22)18-5-3-9-24-18/h6-7,10-11,13,18,20H,2-5,8-9,12H2,1H3/t13-,18+/m1/s1. The number of H-pyrrole nitrogens is 1. The number of aromatic nitrogens is 1. The van der Waals surface area contributed by atoms with Crippen LogP contribution in [0.15, 0.2) is 24.4 Å². The van der Waals surface area contributed by atoms with Crippen molar-refractivity contribution in [3.8, 4) is 5.75 Å². The van der Waals surface area contributed by atoms with Gasteiger partial charge in [-0.2, -0.15) is 0 Å². The fourth-order valence-corrected chi connectivity index (χ4v) is 3.99. The van der Waals surface area contributed by atoms with Crippen molar-refractivity contribution in [2.75, 3.05) is 26.8 Å². The van der Waals surface area contributed by atoms with Crippen LogP contribution in [-0.4, -0.2) is 48.7 Å². The van der Waals surface area contributed by atoms with Crippen molar-refractivity contribution in [1.29, 1.82) is 0 Å². The Morgan fingerprint density at radius 1 is 1.33 bits per heavy atom. The van der Waals surface area contributed by atoms with Crippen molar-refractivity contribution in [2.45, 2.75) is 37.7 Å². The van der Waals surface area contributed by atoms with Crippen LogP contribution >= 0.6 is 0 Å². The molecule has 2 saturated heterocycles. The highest BCUT2D eigenvalue weighted by Crippen LogP contribution is 2.34. The second-order valence-electron chi connectivity index (χ2n) is 6.78. The maximum atomic E-state index is 12.7. The van der Waals surface area contributed by atoms with Crippen LogP contribution in [0.4, 0.5) is 0 Å². The third-order valence-electron chi connectivity index (χ3n) is 5.30. The molecule has 2 aromatic rings. The molecule has 3 heterocycles. The summed E-state index contributed by atoms with van der Waals surface area (Å²) in [5.41, 5.74) is 2.40. The number of rotatable bonds is 3. The van der Waals surface area contributed by atoms with E-state index in [9.17, 15) is 4.79 Å². The lowest BCUT2D eigenvalue weighted by Crippen LogP contribution is -2.44. The van der Waals surface area contributed by atoms with Gasteiger partial charge in [0.1, 0.15) is 11.9 Å². The number of fused-ring (bicyclic) bond motifs is 1. The Kier molecular flexibility index (Phi) is 4.19. The molecule has 5 nitrogen and oxygen atoms in total. The lowest BCUT2D eigenvalue weighted by Gasteiger charge is -2.34. The zero-order valence-corrected chi connectivity index (χ0v) is 14.1. The Bertz CT molecular complexity index is 733. The van der Waals surface area contributed by atoms with Gasteiger partial charge in [-0.25, -0.2) is 0 Å². The Hall–Kier alpha value is -2.01. The van der Waals surface area contributed by atoms with E-state index in [1.54, 1.807) is 7.11 Å². The molecule has 0 bridgehead atoms. The van der Waals surface area contributed by atoms with Gasteiger partial charge in [-0.3, -0.25) is 4.79 Å². The van der Waals surface area contributed by atoms with Crippen molar-refractivity contribution < 1.29 is 14.3 Å². The number of carbonyl (C=O) groups is 1. The first-order valence-corrected chi connectivity index (χ1v) is 8.81. The van der Waals surface area contributed by atoms with Gasteiger partial charge in [0.15, 0.2) is 0 Å². The summed E-state index contributed by atoms with van der Waals surface area (Å²) >= 11 is 0. The maximum absolute atomic E-state index is 12.7. The van der Waals surface area contributed by atoms with Gasteiger partial charge in [0.2, 0.25) is 0 Å². The first-order valence-electron chi connectivity index (χ1n) is 8.81. The molecule has 2 fully saturated rings. The van der Waals surface area contributed by atoms with Crippen LogP contribution in [-0.2, 0) is 9.53 Å². The van der Waals surface area contributed by atoms with Crippen LogP contribution in [0.1, 0.15) is 37.2 Å². The van der Waals surface area contributed by atoms with Gasteiger partial charge >= 0.3 is 0 Å². The third-order valence-corrected chi connectivity index (χ3v) is 5.30. The van der Waals surface area contributed by atoms with Gasteiger partial charge in [0.25, 0.3) is 5.91 Å². The number of benzene rings is 1. The minimum atomic E-state index is -0.216. The summed E-state index contributed by atoms with van der Waals surface area (Å²) in [6.45, 7) is 2.35. The molecular weight excluding hydrogens is 304 g/mol. The average molecular weight is 328 g/mol. The van der Waals surface area contributed by atoms with E-state index < -0.39 is 0 Å². The van der Waals surface area contributed by atoms with E-state index in [1.165, 1.54) is 10.9 Å². The molecule has 0 spiro atoms. The first kappa shape index (κ1) is 15.5. The molecule has 24 heavy (non-hydrogen) atoms. The molecule has 0 saturated carbocycles. The Balaban J connectivity index is 1.56. The third kappa shape index (κ3) is 2.77. The van der Waals surface area contributed by atoms with E-state index in [-0.39, 0.29) is 12.0 Å². The molecule has 1 aromatic heterocycles. The molecule has 4 rings (SSSR count). The van der Waals surface area contributed by atoms with Gasteiger partial charge in [-0.15, -0.1) is 0 Å². The highest BCUT2D eigenvalue weighted by Gasteiger charge is 2.32. The predicted octanol–water partition coefficient (Wildman–Crippen LogP) is 3.06. The van der Waals surface area contributed by atoms with Crippen LogP contribution in [0.5, 0.6) is 5.75 Å². The number of amides is 1. The largest absolute Gasteiger partial charge is 0.497 e. The molecule has 128 valence electrons. The van der Waals surface area contributed by atoms with Crippen molar-refractivity contribution in [3.05, 3.63) is 30.0 Å².